The van der Waals surface area contributed by atoms with Crippen molar-refractivity contribution in [2.75, 3.05) is 13.7 Å². The highest BCUT2D eigenvalue weighted by Crippen LogP contribution is 2.49. The van der Waals surface area contributed by atoms with Crippen molar-refractivity contribution in [3.05, 3.63) is 65.7 Å². The number of methoxy groups -OCH3 is 1. The van der Waals surface area contributed by atoms with Crippen LogP contribution in [0.3, 0.4) is 0 Å². The van der Waals surface area contributed by atoms with E-state index in [0.717, 1.165) is 0 Å². The molecule has 1 aliphatic heterocycles. The van der Waals surface area contributed by atoms with E-state index in [9.17, 15) is 26.3 Å². The normalized spacial score (nSPS) is 16.6. The summed E-state index contributed by atoms with van der Waals surface area (Å²) in [5.74, 6) is -0.511. The number of ether oxygens (including phenoxy) is 1. The third-order valence-corrected chi connectivity index (χ3v) is 4.66. The molecule has 0 bridgehead atoms. The molecule has 2 aromatic rings. The van der Waals surface area contributed by atoms with Gasteiger partial charge in [0.2, 0.25) is 0 Å². The lowest BCUT2D eigenvalue weighted by Gasteiger charge is -2.39. The van der Waals surface area contributed by atoms with E-state index < -0.39 is 29.7 Å². The quantitative estimate of drug-likeness (QED) is 0.578. The average Bonchev–Trinajstić information content (AvgIpc) is 2.73. The molecule has 0 unspecified atom stereocenters. The van der Waals surface area contributed by atoms with Gasteiger partial charge in [-0.2, -0.15) is 26.3 Å². The van der Waals surface area contributed by atoms with Gasteiger partial charge in [0.05, 0.1) is 7.11 Å². The lowest BCUT2D eigenvalue weighted by molar-refractivity contribution is -0.292. The van der Waals surface area contributed by atoms with Crippen molar-refractivity contribution in [2.45, 2.75) is 31.4 Å². The van der Waals surface area contributed by atoms with Crippen LogP contribution in [-0.2, 0) is 0 Å². The minimum absolute atomic E-state index is 0.0791. The van der Waals surface area contributed by atoms with Crippen LogP contribution in [0.4, 0.5) is 26.3 Å². The Hall–Kier alpha value is -3.04. The van der Waals surface area contributed by atoms with Crippen LogP contribution in [0.5, 0.6) is 5.75 Å². The predicted octanol–water partition coefficient (Wildman–Crippen LogP) is 5.44. The third-order valence-electron chi connectivity index (χ3n) is 4.66. The van der Waals surface area contributed by atoms with E-state index in [4.69, 9.17) is 4.74 Å². The Balaban J connectivity index is 2.33. The summed E-state index contributed by atoms with van der Waals surface area (Å²) in [4.78, 5) is 7.72. The molecule has 1 aliphatic rings. The zero-order valence-corrected chi connectivity index (χ0v) is 16.6. The summed E-state index contributed by atoms with van der Waals surface area (Å²) in [6.45, 7) is 1.87. The second-order valence-electron chi connectivity index (χ2n) is 6.78. The van der Waals surface area contributed by atoms with Crippen molar-refractivity contribution in [3.63, 3.8) is 0 Å². The van der Waals surface area contributed by atoms with Crippen molar-refractivity contribution >= 4 is 11.7 Å². The first kappa shape index (κ1) is 22.6. The molecule has 166 valence electrons. The molecule has 0 fully saturated rings. The van der Waals surface area contributed by atoms with Crippen LogP contribution in [0.25, 0.3) is 0 Å². The molecule has 0 atom stereocenters. The van der Waals surface area contributed by atoms with Gasteiger partial charge in [-0.3, -0.25) is 0 Å². The van der Waals surface area contributed by atoms with E-state index in [2.05, 4.69) is 9.98 Å². The van der Waals surface area contributed by atoms with Gasteiger partial charge in [-0.05, 0) is 30.7 Å². The Morgan fingerprint density at radius 1 is 0.806 bits per heavy atom. The third kappa shape index (κ3) is 4.11. The molecule has 0 saturated heterocycles. The fourth-order valence-corrected chi connectivity index (χ4v) is 3.17. The number of rotatable bonds is 5. The summed E-state index contributed by atoms with van der Waals surface area (Å²) >= 11 is 0. The van der Waals surface area contributed by atoms with Gasteiger partial charge >= 0.3 is 18.0 Å². The van der Waals surface area contributed by atoms with E-state index in [0.29, 0.717) is 12.2 Å². The second-order valence-corrected chi connectivity index (χ2v) is 6.78. The minimum Gasteiger partial charge on any atom is -0.497 e. The molecule has 0 radical (unpaired) electrons. The standard InChI is InChI=1S/C21H19F6N3O/c1-3-13-30-17(14-7-5-4-6-8-14)28-19(20(22,23)24,21(25,26)27)29-18(30)15-9-11-16(31-2)12-10-15/h4-12H,3,13H2,1-2H3. The highest BCUT2D eigenvalue weighted by molar-refractivity contribution is 6.16. The number of halogens is 6. The van der Waals surface area contributed by atoms with Crippen LogP contribution in [0.1, 0.15) is 24.5 Å². The molecule has 0 amide bonds. The van der Waals surface area contributed by atoms with Gasteiger partial charge in [-0.25, -0.2) is 9.98 Å². The lowest BCUT2D eigenvalue weighted by atomic mass is 10.0. The van der Waals surface area contributed by atoms with Gasteiger partial charge in [0.1, 0.15) is 17.4 Å². The zero-order chi connectivity index (χ0) is 22.9. The van der Waals surface area contributed by atoms with Crippen LogP contribution in [0.15, 0.2) is 64.6 Å². The van der Waals surface area contributed by atoms with Gasteiger partial charge in [0.25, 0.3) is 0 Å². The van der Waals surface area contributed by atoms with Gasteiger partial charge in [0, 0.05) is 17.7 Å². The summed E-state index contributed by atoms with van der Waals surface area (Å²) in [7, 11) is 1.40. The molecule has 0 aliphatic carbocycles. The Bertz CT molecular complexity index is 951. The predicted molar refractivity (Wildman–Crippen MR) is 104 cm³/mol. The molecule has 0 spiro atoms. The molecule has 4 nitrogen and oxygen atoms in total. The smallest absolute Gasteiger partial charge is 0.443 e. The Labute approximate surface area is 174 Å². The fraction of sp³-hybridized carbons (Fsp3) is 0.333. The van der Waals surface area contributed by atoms with Crippen LogP contribution >= 0.6 is 0 Å². The Kier molecular flexibility index (Phi) is 6.02. The number of hydrogen-bond donors (Lipinski definition) is 0. The van der Waals surface area contributed by atoms with Gasteiger partial charge < -0.3 is 9.64 Å². The Morgan fingerprint density at radius 2 is 1.29 bits per heavy atom. The summed E-state index contributed by atoms with van der Waals surface area (Å²) in [6, 6.07) is 13.1. The molecule has 31 heavy (non-hydrogen) atoms. The highest BCUT2D eigenvalue weighted by atomic mass is 19.4. The number of aliphatic imine (C=N–C) groups is 2. The summed E-state index contributed by atoms with van der Waals surface area (Å²) in [6.07, 6.45) is -11.2. The molecule has 0 saturated carbocycles. The van der Waals surface area contributed by atoms with E-state index in [1.54, 1.807) is 13.0 Å². The van der Waals surface area contributed by atoms with Gasteiger partial charge in [-0.1, -0.05) is 37.3 Å². The van der Waals surface area contributed by atoms with Crippen molar-refractivity contribution in [3.8, 4) is 5.75 Å². The maximum Gasteiger partial charge on any atom is 0.443 e. The first-order chi connectivity index (χ1) is 14.5. The lowest BCUT2D eigenvalue weighted by Crippen LogP contribution is -2.59. The largest absolute Gasteiger partial charge is 0.497 e. The number of amidine groups is 2. The highest BCUT2D eigenvalue weighted by Gasteiger charge is 2.73. The molecule has 0 N–H and O–H groups in total. The molecule has 3 rings (SSSR count). The second kappa shape index (κ2) is 8.24. The van der Waals surface area contributed by atoms with Gasteiger partial charge in [-0.15, -0.1) is 0 Å². The fourth-order valence-electron chi connectivity index (χ4n) is 3.17. The number of benzene rings is 2. The summed E-state index contributed by atoms with van der Waals surface area (Å²) < 4.78 is 88.6. The van der Waals surface area contributed by atoms with Crippen LogP contribution in [0, 0.1) is 0 Å². The minimum atomic E-state index is -5.80. The van der Waals surface area contributed by atoms with Crippen molar-refractivity contribution in [2.24, 2.45) is 9.98 Å². The van der Waals surface area contributed by atoms with Crippen molar-refractivity contribution in [1.82, 2.24) is 4.90 Å². The maximum atomic E-state index is 13.9. The summed E-state index contributed by atoms with van der Waals surface area (Å²) in [5.41, 5.74) is -4.42. The van der Waals surface area contributed by atoms with Crippen molar-refractivity contribution < 1.29 is 31.1 Å². The van der Waals surface area contributed by atoms with Crippen molar-refractivity contribution in [1.29, 1.82) is 0 Å². The molecule has 2 aromatic carbocycles. The Morgan fingerprint density at radius 3 is 1.71 bits per heavy atom. The first-order valence-electron chi connectivity index (χ1n) is 9.34. The number of hydrogen-bond acceptors (Lipinski definition) is 4. The van der Waals surface area contributed by atoms with E-state index >= 15 is 0 Å². The summed E-state index contributed by atoms with van der Waals surface area (Å²) in [5, 5.41) is 0. The van der Waals surface area contributed by atoms with Gasteiger partial charge in [0.15, 0.2) is 0 Å². The van der Waals surface area contributed by atoms with Crippen LogP contribution in [0.2, 0.25) is 0 Å². The molecule has 10 heteroatoms. The molecular formula is C21H19F6N3O. The molecule has 1 heterocycles. The zero-order valence-electron chi connectivity index (χ0n) is 16.6. The SMILES string of the molecule is CCCN1C(c2ccccc2)=NC(C(F)(F)F)(C(F)(F)F)N=C1c1ccc(OC)cc1. The van der Waals surface area contributed by atoms with Crippen LogP contribution < -0.4 is 4.74 Å². The van der Waals surface area contributed by atoms with E-state index in [1.807, 2.05) is 0 Å². The topological polar surface area (TPSA) is 37.2 Å². The van der Waals surface area contributed by atoms with E-state index in [1.165, 1.54) is 60.5 Å². The monoisotopic (exact) mass is 443 g/mol. The average molecular weight is 443 g/mol. The van der Waals surface area contributed by atoms with Crippen LogP contribution in [-0.4, -0.2) is 48.2 Å². The molecular weight excluding hydrogens is 424 g/mol. The maximum absolute atomic E-state index is 13.9. The number of nitrogens with zero attached hydrogens (tertiary/aromatic N) is 3. The number of alkyl halides is 6. The van der Waals surface area contributed by atoms with E-state index in [-0.39, 0.29) is 17.7 Å². The first-order valence-corrected chi connectivity index (χ1v) is 9.34. The molecule has 0 aromatic heterocycles.